The van der Waals surface area contributed by atoms with E-state index in [1.54, 1.807) is 0 Å². The average molecular weight is 316 g/mol. The normalized spacial score (nSPS) is 10.5. The molecule has 0 radical (unpaired) electrons. The predicted molar refractivity (Wildman–Crippen MR) is 91.2 cm³/mol. The summed E-state index contributed by atoms with van der Waals surface area (Å²) in [5, 5.41) is 10.5. The molecule has 0 aliphatic rings. The number of amidine groups is 1. The number of nitrogens with zero attached hydrogens (tertiary/aromatic N) is 1. The summed E-state index contributed by atoms with van der Waals surface area (Å²) in [5.41, 5.74) is 19.0. The molecule has 0 saturated heterocycles. The van der Waals surface area contributed by atoms with Gasteiger partial charge in [-0.3, -0.25) is 5.41 Å². The van der Waals surface area contributed by atoms with Crippen molar-refractivity contribution in [2.75, 3.05) is 0 Å². The Morgan fingerprint density at radius 3 is 2.32 bits per heavy atom. The first-order valence-corrected chi connectivity index (χ1v) is 7.20. The zero-order chi connectivity index (χ0) is 16.3. The van der Waals surface area contributed by atoms with Crippen LogP contribution in [0.1, 0.15) is 12.0 Å². The smallest absolute Gasteiger partial charge is 0.0923 e. The lowest BCUT2D eigenvalue weighted by Crippen LogP contribution is -2.12. The highest BCUT2D eigenvalue weighted by Gasteiger charge is 2.11. The van der Waals surface area contributed by atoms with E-state index in [4.69, 9.17) is 33.8 Å². The molecule has 114 valence electrons. The summed E-state index contributed by atoms with van der Waals surface area (Å²) in [7, 11) is 0. The molecule has 0 fully saturated rings. The molecule has 0 aliphatic carbocycles. The van der Waals surface area contributed by atoms with Crippen LogP contribution in [0.25, 0.3) is 21.8 Å². The van der Waals surface area contributed by atoms with Gasteiger partial charge in [-0.15, -0.1) is 0 Å². The van der Waals surface area contributed by atoms with Gasteiger partial charge in [-0.1, -0.05) is 23.2 Å². The molecule has 0 saturated carbocycles. The molecule has 6 heteroatoms. The second-order valence-corrected chi connectivity index (χ2v) is 5.55. The van der Waals surface area contributed by atoms with Crippen molar-refractivity contribution in [3.05, 3.63) is 47.0 Å². The fourth-order valence-electron chi connectivity index (χ4n) is 2.66. The zero-order valence-corrected chi connectivity index (χ0v) is 13.0. The summed E-state index contributed by atoms with van der Waals surface area (Å²) in [4.78, 5) is 0. The molecule has 0 spiro atoms. The lowest BCUT2D eigenvalue weighted by Gasteiger charge is -2.06. The van der Waals surface area contributed by atoms with E-state index in [0.717, 1.165) is 21.4 Å². The third kappa shape index (κ3) is 2.94. The Morgan fingerprint density at radius 1 is 1.09 bits per heavy atom. The lowest BCUT2D eigenvalue weighted by molar-refractivity contribution is 0.775. The Labute approximate surface area is 133 Å². The SMILES string of the molecule is Cc1ccc2c(c1)c1cc(Cl)ccc1n2CCC(=N)N.N=N. The molecule has 2 aromatic carbocycles. The Hall–Kier alpha value is -2.40. The summed E-state index contributed by atoms with van der Waals surface area (Å²) in [5.74, 6) is 0.209. The Bertz CT molecular complexity index is 778. The highest BCUT2D eigenvalue weighted by atomic mass is 35.5. The number of fused-ring (bicyclic) bond motifs is 3. The van der Waals surface area contributed by atoms with Gasteiger partial charge in [0, 0.05) is 39.8 Å². The monoisotopic (exact) mass is 315 g/mol. The van der Waals surface area contributed by atoms with Gasteiger partial charge in [0.15, 0.2) is 0 Å². The van der Waals surface area contributed by atoms with Crippen molar-refractivity contribution in [1.82, 2.24) is 4.57 Å². The maximum atomic E-state index is 7.42. The van der Waals surface area contributed by atoms with Crippen molar-refractivity contribution in [3.63, 3.8) is 0 Å². The van der Waals surface area contributed by atoms with E-state index >= 15 is 0 Å². The minimum absolute atomic E-state index is 0.209. The van der Waals surface area contributed by atoms with Crippen molar-refractivity contribution in [2.24, 2.45) is 5.73 Å². The maximum absolute atomic E-state index is 7.42. The van der Waals surface area contributed by atoms with Crippen molar-refractivity contribution in [2.45, 2.75) is 19.9 Å². The van der Waals surface area contributed by atoms with E-state index < -0.39 is 0 Å². The molecular formula is C16H18ClN5. The van der Waals surface area contributed by atoms with Crippen molar-refractivity contribution < 1.29 is 0 Å². The minimum Gasteiger partial charge on any atom is -0.388 e. The summed E-state index contributed by atoms with van der Waals surface area (Å²) in [6, 6.07) is 12.3. The first kappa shape index (κ1) is 16.0. The van der Waals surface area contributed by atoms with Crippen LogP contribution in [0, 0.1) is 23.4 Å². The largest absolute Gasteiger partial charge is 0.388 e. The third-order valence-electron chi connectivity index (χ3n) is 3.59. The van der Waals surface area contributed by atoms with Gasteiger partial charge in [0.25, 0.3) is 0 Å². The van der Waals surface area contributed by atoms with E-state index in [0.29, 0.717) is 13.0 Å². The van der Waals surface area contributed by atoms with Crippen LogP contribution in [0.2, 0.25) is 5.02 Å². The molecule has 5 N–H and O–H groups in total. The Morgan fingerprint density at radius 2 is 1.68 bits per heavy atom. The van der Waals surface area contributed by atoms with Crippen LogP contribution in [-0.4, -0.2) is 10.4 Å². The van der Waals surface area contributed by atoms with Gasteiger partial charge < -0.3 is 10.3 Å². The predicted octanol–water partition coefficient (Wildman–Crippen LogP) is 4.68. The number of aryl methyl sites for hydroxylation is 2. The molecule has 0 atom stereocenters. The zero-order valence-electron chi connectivity index (χ0n) is 12.3. The quantitative estimate of drug-likeness (QED) is 0.315. The fourth-order valence-corrected chi connectivity index (χ4v) is 2.84. The molecular weight excluding hydrogens is 298 g/mol. The third-order valence-corrected chi connectivity index (χ3v) is 3.82. The number of halogens is 1. The molecule has 0 amide bonds. The first-order chi connectivity index (χ1) is 10.6. The molecule has 5 nitrogen and oxygen atoms in total. The molecule has 0 aliphatic heterocycles. The van der Waals surface area contributed by atoms with E-state index in [2.05, 4.69) is 29.7 Å². The van der Waals surface area contributed by atoms with Crippen LogP contribution in [0.15, 0.2) is 36.4 Å². The highest BCUT2D eigenvalue weighted by molar-refractivity contribution is 6.31. The topological polar surface area (TPSA) is 102 Å². The number of benzene rings is 2. The van der Waals surface area contributed by atoms with Gasteiger partial charge in [-0.2, -0.15) is 0 Å². The second-order valence-electron chi connectivity index (χ2n) is 5.11. The van der Waals surface area contributed by atoms with Crippen LogP contribution in [0.4, 0.5) is 0 Å². The number of nitrogens with one attached hydrogen (secondary N) is 3. The number of rotatable bonds is 3. The van der Waals surface area contributed by atoms with Crippen LogP contribution >= 0.6 is 11.6 Å². The average Bonchev–Trinajstić information content (AvgIpc) is 2.80. The minimum atomic E-state index is 0.209. The lowest BCUT2D eigenvalue weighted by atomic mass is 10.1. The van der Waals surface area contributed by atoms with Gasteiger partial charge in [-0.05, 0) is 37.3 Å². The van der Waals surface area contributed by atoms with Crippen LogP contribution < -0.4 is 5.73 Å². The summed E-state index contributed by atoms with van der Waals surface area (Å²) in [6.07, 6.45) is 0.551. The van der Waals surface area contributed by atoms with Crippen LogP contribution in [0.5, 0.6) is 0 Å². The fraction of sp³-hybridized carbons (Fsp3) is 0.188. The van der Waals surface area contributed by atoms with E-state index in [9.17, 15) is 0 Å². The number of hydrogen-bond donors (Lipinski definition) is 4. The van der Waals surface area contributed by atoms with E-state index in [1.165, 1.54) is 10.9 Å². The van der Waals surface area contributed by atoms with Gasteiger partial charge in [0.2, 0.25) is 0 Å². The maximum Gasteiger partial charge on any atom is 0.0923 e. The van der Waals surface area contributed by atoms with Gasteiger partial charge in [0.05, 0.1) is 5.84 Å². The van der Waals surface area contributed by atoms with Gasteiger partial charge in [0.1, 0.15) is 0 Å². The second kappa shape index (κ2) is 6.58. The summed E-state index contributed by atoms with van der Waals surface area (Å²) >= 11 is 6.13. The van der Waals surface area contributed by atoms with E-state index in [-0.39, 0.29) is 5.84 Å². The first-order valence-electron chi connectivity index (χ1n) is 6.82. The van der Waals surface area contributed by atoms with Crippen LogP contribution in [-0.2, 0) is 6.54 Å². The summed E-state index contributed by atoms with van der Waals surface area (Å²) < 4.78 is 2.21. The van der Waals surface area contributed by atoms with E-state index in [1.807, 2.05) is 18.2 Å². The van der Waals surface area contributed by atoms with Crippen molar-refractivity contribution >= 4 is 39.2 Å². The van der Waals surface area contributed by atoms with Crippen molar-refractivity contribution in [3.8, 4) is 0 Å². The van der Waals surface area contributed by atoms with Crippen LogP contribution in [0.3, 0.4) is 0 Å². The molecule has 0 unspecified atom stereocenters. The Kier molecular flexibility index (Phi) is 4.78. The molecule has 0 bridgehead atoms. The standard InChI is InChI=1S/C16H16ClN3.H2N2/c1-10-2-4-14-12(8-10)13-9-11(17)3-5-15(13)20(14)7-6-16(18)19;1-2/h2-5,8-9H,6-7H2,1H3,(H3,18,19);1-2H. The summed E-state index contributed by atoms with van der Waals surface area (Å²) in [6.45, 7) is 2.79. The molecule has 1 aromatic heterocycles. The molecule has 3 aromatic rings. The number of aromatic nitrogens is 1. The van der Waals surface area contributed by atoms with Crippen molar-refractivity contribution in [1.29, 1.82) is 16.5 Å². The van der Waals surface area contributed by atoms with Gasteiger partial charge >= 0.3 is 0 Å². The number of hydrogen-bond acceptors (Lipinski definition) is 3. The van der Waals surface area contributed by atoms with Gasteiger partial charge in [-0.25, -0.2) is 11.1 Å². The Balaban J connectivity index is 0.000000847. The number of nitrogens with two attached hydrogens (primary N) is 1. The molecule has 1 heterocycles. The molecule has 3 rings (SSSR count). The molecule has 22 heavy (non-hydrogen) atoms. The highest BCUT2D eigenvalue weighted by Crippen LogP contribution is 2.31.